The number of hydrogen-bond donors (Lipinski definition) is 2. The van der Waals surface area contributed by atoms with E-state index in [1.54, 1.807) is 0 Å². The first-order valence-electron chi connectivity index (χ1n) is 4.79. The van der Waals surface area contributed by atoms with Crippen molar-refractivity contribution < 1.29 is 4.79 Å². The van der Waals surface area contributed by atoms with Crippen LogP contribution in [0.5, 0.6) is 0 Å². The number of amides is 1. The Hall–Kier alpha value is -1.42. The molecule has 0 aliphatic heterocycles. The fraction of sp³-hybridized carbons (Fsp3) is 0.273. The normalized spacial score (nSPS) is 9.67. The van der Waals surface area contributed by atoms with Crippen molar-refractivity contribution in [3.63, 3.8) is 0 Å². The smallest absolute Gasteiger partial charge is 0.224 e. The van der Waals surface area contributed by atoms with Gasteiger partial charge in [0.05, 0.1) is 4.99 Å². The number of rotatable bonds is 4. The van der Waals surface area contributed by atoms with Crippen molar-refractivity contribution in [3.05, 3.63) is 29.8 Å². The van der Waals surface area contributed by atoms with E-state index >= 15 is 0 Å². The molecule has 0 unspecified atom stereocenters. The molecule has 0 atom stereocenters. The number of nitrogens with one attached hydrogen (secondary N) is 1. The molecule has 3 N–H and O–H groups in total. The monoisotopic (exact) mass is 222 g/mol. The number of thiocarbonyl (C=S) groups is 1. The van der Waals surface area contributed by atoms with Crippen molar-refractivity contribution in [2.45, 2.75) is 19.8 Å². The number of carbonyl (C=O) groups excluding carboxylic acids is 1. The van der Waals surface area contributed by atoms with Crippen LogP contribution in [0.15, 0.2) is 24.3 Å². The van der Waals surface area contributed by atoms with Crippen LogP contribution in [0.4, 0.5) is 5.69 Å². The molecular weight excluding hydrogens is 208 g/mol. The van der Waals surface area contributed by atoms with E-state index < -0.39 is 0 Å². The molecule has 4 heteroatoms. The Morgan fingerprint density at radius 3 is 2.47 bits per heavy atom. The van der Waals surface area contributed by atoms with Crippen molar-refractivity contribution in [1.82, 2.24) is 0 Å². The average Bonchev–Trinajstić information content (AvgIpc) is 2.20. The third kappa shape index (κ3) is 4.08. The van der Waals surface area contributed by atoms with Gasteiger partial charge in [0.15, 0.2) is 0 Å². The van der Waals surface area contributed by atoms with Gasteiger partial charge in [0.2, 0.25) is 5.91 Å². The van der Waals surface area contributed by atoms with Gasteiger partial charge in [0.25, 0.3) is 0 Å². The van der Waals surface area contributed by atoms with Crippen molar-refractivity contribution in [3.8, 4) is 0 Å². The summed E-state index contributed by atoms with van der Waals surface area (Å²) in [4.78, 5) is 11.6. The molecule has 0 aliphatic rings. The van der Waals surface area contributed by atoms with Crippen LogP contribution < -0.4 is 11.1 Å². The molecule has 0 aliphatic carbocycles. The second-order valence-electron chi connectivity index (χ2n) is 3.24. The first-order chi connectivity index (χ1) is 7.11. The molecule has 0 fully saturated rings. The molecule has 0 saturated heterocycles. The Balaban J connectivity index is 2.64. The summed E-state index contributed by atoms with van der Waals surface area (Å²) in [6, 6.07) is 7.51. The van der Waals surface area contributed by atoms with Crippen LogP contribution in [0.2, 0.25) is 0 Å². The zero-order valence-electron chi connectivity index (χ0n) is 8.62. The summed E-state index contributed by atoms with van der Waals surface area (Å²) < 4.78 is 0. The highest BCUT2D eigenvalue weighted by Gasteiger charge is 1.99. The maximum absolute atomic E-state index is 11.1. The van der Waals surface area contributed by atoms with E-state index in [-0.39, 0.29) is 5.91 Å². The van der Waals surface area contributed by atoms with Gasteiger partial charge in [0, 0.05) is 18.5 Å². The summed E-state index contributed by atoms with van der Waals surface area (Å²) >= 11 is 4.81. The Labute approximate surface area is 94.7 Å². The summed E-state index contributed by atoms with van der Waals surface area (Å²) in [6.45, 7) is 1.82. The number of carbonyl (C=O) groups is 1. The molecule has 1 aromatic carbocycles. The lowest BCUT2D eigenvalue weighted by Crippen LogP contribution is -2.11. The Morgan fingerprint density at radius 2 is 2.00 bits per heavy atom. The van der Waals surface area contributed by atoms with Gasteiger partial charge in [-0.1, -0.05) is 31.3 Å². The number of hydrogen-bond acceptors (Lipinski definition) is 2. The highest BCUT2D eigenvalue weighted by Crippen LogP contribution is 2.10. The van der Waals surface area contributed by atoms with Crippen LogP contribution in [-0.2, 0) is 11.2 Å². The molecule has 0 radical (unpaired) electrons. The van der Waals surface area contributed by atoms with Gasteiger partial charge in [-0.2, -0.15) is 0 Å². The fourth-order valence-corrected chi connectivity index (χ4v) is 1.32. The SMILES string of the molecule is CCC(=O)Nc1ccc(CC(N)=S)cc1. The van der Waals surface area contributed by atoms with Gasteiger partial charge < -0.3 is 11.1 Å². The third-order valence-electron chi connectivity index (χ3n) is 1.94. The number of anilines is 1. The molecule has 0 aromatic heterocycles. The Morgan fingerprint density at radius 1 is 1.40 bits per heavy atom. The second kappa shape index (κ2) is 5.46. The Kier molecular flexibility index (Phi) is 4.24. The van der Waals surface area contributed by atoms with E-state index in [1.165, 1.54) is 0 Å². The minimum absolute atomic E-state index is 0.0112. The average molecular weight is 222 g/mol. The van der Waals surface area contributed by atoms with Gasteiger partial charge in [-0.05, 0) is 17.7 Å². The molecule has 0 saturated carbocycles. The van der Waals surface area contributed by atoms with Crippen LogP contribution in [-0.4, -0.2) is 10.9 Å². The lowest BCUT2D eigenvalue weighted by atomic mass is 10.1. The molecule has 1 aromatic rings. The van der Waals surface area contributed by atoms with Crippen molar-refractivity contribution in [2.75, 3.05) is 5.32 Å². The molecule has 0 heterocycles. The molecule has 0 bridgehead atoms. The molecule has 1 amide bonds. The Bertz CT molecular complexity index is 359. The van der Waals surface area contributed by atoms with Gasteiger partial charge in [0.1, 0.15) is 0 Å². The van der Waals surface area contributed by atoms with Crippen LogP contribution in [0.1, 0.15) is 18.9 Å². The van der Waals surface area contributed by atoms with E-state index in [4.69, 9.17) is 18.0 Å². The summed E-state index contributed by atoms with van der Waals surface area (Å²) in [5.41, 5.74) is 7.28. The highest BCUT2D eigenvalue weighted by atomic mass is 32.1. The molecule has 3 nitrogen and oxygen atoms in total. The van der Waals surface area contributed by atoms with E-state index in [1.807, 2.05) is 31.2 Å². The van der Waals surface area contributed by atoms with Crippen molar-refractivity contribution >= 4 is 28.8 Å². The molecular formula is C11H14N2OS. The summed E-state index contributed by atoms with van der Waals surface area (Å²) in [6.07, 6.45) is 1.08. The largest absolute Gasteiger partial charge is 0.393 e. The second-order valence-corrected chi connectivity index (χ2v) is 3.77. The molecule has 15 heavy (non-hydrogen) atoms. The first-order valence-corrected chi connectivity index (χ1v) is 5.19. The van der Waals surface area contributed by atoms with Crippen molar-refractivity contribution in [2.24, 2.45) is 5.73 Å². The molecule has 0 spiro atoms. The van der Waals surface area contributed by atoms with E-state index in [2.05, 4.69) is 5.32 Å². The lowest BCUT2D eigenvalue weighted by Gasteiger charge is -2.04. The first kappa shape index (κ1) is 11.7. The predicted molar refractivity (Wildman–Crippen MR) is 65.9 cm³/mol. The maximum Gasteiger partial charge on any atom is 0.224 e. The zero-order chi connectivity index (χ0) is 11.3. The molecule has 80 valence electrons. The van der Waals surface area contributed by atoms with Crippen LogP contribution in [0.25, 0.3) is 0 Å². The van der Waals surface area contributed by atoms with Crippen LogP contribution >= 0.6 is 12.2 Å². The van der Waals surface area contributed by atoms with Gasteiger partial charge in [-0.3, -0.25) is 4.79 Å². The van der Waals surface area contributed by atoms with E-state index in [9.17, 15) is 4.79 Å². The number of nitrogens with two attached hydrogens (primary N) is 1. The van der Waals surface area contributed by atoms with Crippen LogP contribution in [0, 0.1) is 0 Å². The molecule has 1 rings (SSSR count). The summed E-state index contributed by atoms with van der Waals surface area (Å²) in [5, 5.41) is 2.77. The quantitative estimate of drug-likeness (QED) is 0.765. The minimum Gasteiger partial charge on any atom is -0.393 e. The minimum atomic E-state index is 0.0112. The highest BCUT2D eigenvalue weighted by molar-refractivity contribution is 7.80. The van der Waals surface area contributed by atoms with E-state index in [0.29, 0.717) is 17.8 Å². The van der Waals surface area contributed by atoms with E-state index in [0.717, 1.165) is 11.3 Å². The zero-order valence-corrected chi connectivity index (χ0v) is 9.43. The van der Waals surface area contributed by atoms with Gasteiger partial charge in [-0.25, -0.2) is 0 Å². The van der Waals surface area contributed by atoms with Crippen molar-refractivity contribution in [1.29, 1.82) is 0 Å². The predicted octanol–water partition coefficient (Wildman–Crippen LogP) is 1.86. The number of benzene rings is 1. The third-order valence-corrected chi connectivity index (χ3v) is 2.08. The van der Waals surface area contributed by atoms with Gasteiger partial charge in [-0.15, -0.1) is 0 Å². The standard InChI is InChI=1S/C11H14N2OS/c1-2-11(14)13-9-5-3-8(4-6-9)7-10(12)15/h3-6H,2,7H2,1H3,(H2,12,15)(H,13,14). The lowest BCUT2D eigenvalue weighted by molar-refractivity contribution is -0.115. The summed E-state index contributed by atoms with van der Waals surface area (Å²) in [5.74, 6) is 0.0112. The maximum atomic E-state index is 11.1. The van der Waals surface area contributed by atoms with Crippen LogP contribution in [0.3, 0.4) is 0 Å². The van der Waals surface area contributed by atoms with Gasteiger partial charge >= 0.3 is 0 Å². The summed E-state index contributed by atoms with van der Waals surface area (Å²) in [7, 11) is 0. The topological polar surface area (TPSA) is 55.1 Å². The fourth-order valence-electron chi connectivity index (χ4n) is 1.16.